The topological polar surface area (TPSA) is 52.7 Å². The zero-order valence-electron chi connectivity index (χ0n) is 11.4. The largest absolute Gasteiger partial charge is 0.371 e. The van der Waals surface area contributed by atoms with Gasteiger partial charge in [0.15, 0.2) is 0 Å². The van der Waals surface area contributed by atoms with Crippen molar-refractivity contribution in [2.75, 3.05) is 39.0 Å². The summed E-state index contributed by atoms with van der Waals surface area (Å²) in [5.74, 6) is 0. The van der Waals surface area contributed by atoms with Crippen molar-refractivity contribution in [1.29, 1.82) is 0 Å². The molecule has 1 aliphatic carbocycles. The highest BCUT2D eigenvalue weighted by molar-refractivity contribution is 7.88. The molecule has 1 N–H and O–H groups in total. The minimum absolute atomic E-state index is 0.607. The van der Waals surface area contributed by atoms with Crippen LogP contribution in [-0.4, -0.2) is 56.6 Å². The predicted molar refractivity (Wildman–Crippen MR) is 75.0 cm³/mol. The van der Waals surface area contributed by atoms with E-state index in [-0.39, 0.29) is 0 Å². The quantitative estimate of drug-likeness (QED) is 0.801. The van der Waals surface area contributed by atoms with Crippen LogP contribution in [-0.2, 0) is 10.0 Å². The van der Waals surface area contributed by atoms with Crippen LogP contribution in [0.5, 0.6) is 0 Å². The molecule has 2 fully saturated rings. The molecule has 2 aliphatic heterocycles. The maximum Gasteiger partial charge on any atom is 0.232 e. The van der Waals surface area contributed by atoms with E-state index < -0.39 is 10.0 Å². The Kier molecular flexibility index (Phi) is 3.30. The fourth-order valence-corrected chi connectivity index (χ4v) is 4.19. The first-order valence-electron chi connectivity index (χ1n) is 6.93. The van der Waals surface area contributed by atoms with Crippen LogP contribution in [0.2, 0.25) is 0 Å². The summed E-state index contributed by atoms with van der Waals surface area (Å²) in [6.45, 7) is 4.52. The molecule has 0 spiro atoms. The predicted octanol–water partition coefficient (Wildman–Crippen LogP) is 0.489. The number of fused-ring (bicyclic) bond motifs is 1. The monoisotopic (exact) mass is 283 g/mol. The molecule has 106 valence electrons. The Morgan fingerprint density at radius 1 is 1.16 bits per heavy atom. The highest BCUT2D eigenvalue weighted by Gasteiger charge is 2.34. The molecule has 0 saturated carbocycles. The van der Waals surface area contributed by atoms with Gasteiger partial charge in [0.05, 0.1) is 12.0 Å². The first-order chi connectivity index (χ1) is 9.07. The number of allylic oxidation sites excluding steroid dienone is 3. The highest BCUT2D eigenvalue weighted by Crippen LogP contribution is 2.38. The van der Waals surface area contributed by atoms with Gasteiger partial charge in [0, 0.05) is 38.4 Å². The van der Waals surface area contributed by atoms with Crippen molar-refractivity contribution in [3.8, 4) is 0 Å². The van der Waals surface area contributed by atoms with Gasteiger partial charge in [0.25, 0.3) is 0 Å². The van der Waals surface area contributed by atoms with Crippen LogP contribution in [0.15, 0.2) is 23.0 Å². The third kappa shape index (κ3) is 2.39. The first-order valence-corrected chi connectivity index (χ1v) is 8.78. The molecule has 19 heavy (non-hydrogen) atoms. The highest BCUT2D eigenvalue weighted by atomic mass is 32.2. The zero-order valence-corrected chi connectivity index (χ0v) is 12.2. The summed E-state index contributed by atoms with van der Waals surface area (Å²) in [5, 5.41) is 3.34. The van der Waals surface area contributed by atoms with Crippen LogP contribution in [0.25, 0.3) is 0 Å². The van der Waals surface area contributed by atoms with Gasteiger partial charge in [-0.05, 0) is 24.8 Å². The molecular weight excluding hydrogens is 262 g/mol. The van der Waals surface area contributed by atoms with E-state index in [2.05, 4.69) is 16.3 Å². The van der Waals surface area contributed by atoms with Gasteiger partial charge in [-0.2, -0.15) is 0 Å². The second-order valence-electron chi connectivity index (χ2n) is 5.39. The molecule has 0 radical (unpaired) electrons. The van der Waals surface area contributed by atoms with Crippen LogP contribution in [0.3, 0.4) is 0 Å². The second-order valence-corrected chi connectivity index (χ2v) is 7.29. The lowest BCUT2D eigenvalue weighted by Gasteiger charge is -2.35. The van der Waals surface area contributed by atoms with Gasteiger partial charge in [0.1, 0.15) is 0 Å². The third-order valence-electron chi connectivity index (χ3n) is 4.08. The van der Waals surface area contributed by atoms with Crippen LogP contribution in [0, 0.1) is 0 Å². The van der Waals surface area contributed by atoms with Crippen LogP contribution in [0.1, 0.15) is 19.3 Å². The maximum atomic E-state index is 12.0. The molecular formula is C13H21N3O2S. The van der Waals surface area contributed by atoms with E-state index in [0.717, 1.165) is 51.1 Å². The third-order valence-corrected chi connectivity index (χ3v) is 5.25. The molecule has 0 aromatic carbocycles. The van der Waals surface area contributed by atoms with Gasteiger partial charge < -0.3 is 10.2 Å². The number of nitrogens with zero attached hydrogens (tertiary/aromatic N) is 2. The van der Waals surface area contributed by atoms with E-state index >= 15 is 0 Å². The van der Waals surface area contributed by atoms with Gasteiger partial charge in [-0.3, -0.25) is 4.31 Å². The molecule has 0 unspecified atom stereocenters. The number of hydrogen-bond donors (Lipinski definition) is 1. The summed E-state index contributed by atoms with van der Waals surface area (Å²) < 4.78 is 25.5. The minimum atomic E-state index is -3.15. The summed E-state index contributed by atoms with van der Waals surface area (Å²) >= 11 is 0. The lowest BCUT2D eigenvalue weighted by atomic mass is 9.99. The van der Waals surface area contributed by atoms with E-state index in [1.54, 1.807) is 4.31 Å². The van der Waals surface area contributed by atoms with Crippen molar-refractivity contribution in [2.45, 2.75) is 19.3 Å². The van der Waals surface area contributed by atoms with Gasteiger partial charge in [-0.25, -0.2) is 8.42 Å². The lowest BCUT2D eigenvalue weighted by molar-refractivity contribution is 0.282. The Labute approximate surface area is 115 Å². The van der Waals surface area contributed by atoms with Crippen molar-refractivity contribution in [3.63, 3.8) is 0 Å². The van der Waals surface area contributed by atoms with Crippen molar-refractivity contribution in [3.05, 3.63) is 23.0 Å². The number of hydrogen-bond acceptors (Lipinski definition) is 4. The van der Waals surface area contributed by atoms with Crippen molar-refractivity contribution in [2.24, 2.45) is 0 Å². The maximum absolute atomic E-state index is 12.0. The van der Waals surface area contributed by atoms with Gasteiger partial charge in [-0.1, -0.05) is 6.08 Å². The van der Waals surface area contributed by atoms with E-state index in [0.29, 0.717) is 6.54 Å². The molecule has 0 bridgehead atoms. The molecule has 6 heteroatoms. The van der Waals surface area contributed by atoms with Crippen molar-refractivity contribution in [1.82, 2.24) is 14.5 Å². The SMILES string of the molecule is CS(=O)(=O)N1CCC2=CCCC(N3CCNCC3)=C21. The van der Waals surface area contributed by atoms with E-state index in [9.17, 15) is 8.42 Å². The summed E-state index contributed by atoms with van der Waals surface area (Å²) in [6, 6.07) is 0. The lowest BCUT2D eigenvalue weighted by Crippen LogP contribution is -2.44. The number of rotatable bonds is 2. The number of piperazine rings is 1. The smallest absolute Gasteiger partial charge is 0.232 e. The summed E-state index contributed by atoms with van der Waals surface area (Å²) in [4.78, 5) is 2.36. The molecule has 3 rings (SSSR count). The normalized spacial score (nSPS) is 24.6. The Hall–Kier alpha value is -1.01. The number of nitrogens with one attached hydrogen (secondary N) is 1. The Balaban J connectivity index is 2.00. The average Bonchev–Trinajstić information content (AvgIpc) is 2.83. The standard InChI is InChI=1S/C13H21N3O2S/c1-19(17,18)16-8-5-11-3-2-4-12(13(11)16)15-9-6-14-7-10-15/h3,14H,2,4-10H2,1H3. The van der Waals surface area contributed by atoms with Crippen molar-refractivity contribution < 1.29 is 8.42 Å². The van der Waals surface area contributed by atoms with Crippen LogP contribution >= 0.6 is 0 Å². The van der Waals surface area contributed by atoms with Gasteiger partial charge in [0.2, 0.25) is 10.0 Å². The summed E-state index contributed by atoms with van der Waals surface area (Å²) in [6.07, 6.45) is 6.39. The van der Waals surface area contributed by atoms with Gasteiger partial charge >= 0.3 is 0 Å². The molecule has 2 heterocycles. The average molecular weight is 283 g/mol. The molecule has 0 aromatic rings. The molecule has 0 aromatic heterocycles. The Morgan fingerprint density at radius 3 is 2.58 bits per heavy atom. The number of sulfonamides is 1. The van der Waals surface area contributed by atoms with Crippen LogP contribution < -0.4 is 5.32 Å². The first kappa shape index (κ1) is 13.0. The van der Waals surface area contributed by atoms with E-state index in [1.807, 2.05) is 0 Å². The van der Waals surface area contributed by atoms with E-state index in [1.165, 1.54) is 17.5 Å². The molecule has 0 amide bonds. The fourth-order valence-electron chi connectivity index (χ4n) is 3.22. The Bertz CT molecular complexity index is 530. The molecule has 3 aliphatic rings. The van der Waals surface area contributed by atoms with Crippen molar-refractivity contribution >= 4 is 10.0 Å². The molecule has 0 atom stereocenters. The van der Waals surface area contributed by atoms with E-state index in [4.69, 9.17) is 0 Å². The summed E-state index contributed by atoms with van der Waals surface area (Å²) in [7, 11) is -3.15. The summed E-state index contributed by atoms with van der Waals surface area (Å²) in [5.41, 5.74) is 3.45. The Morgan fingerprint density at radius 2 is 1.89 bits per heavy atom. The van der Waals surface area contributed by atoms with Crippen LogP contribution in [0.4, 0.5) is 0 Å². The second kappa shape index (κ2) is 4.83. The minimum Gasteiger partial charge on any atom is -0.371 e. The zero-order chi connectivity index (χ0) is 13.5. The van der Waals surface area contributed by atoms with Gasteiger partial charge in [-0.15, -0.1) is 0 Å². The molecule has 5 nitrogen and oxygen atoms in total. The molecule has 2 saturated heterocycles. The fraction of sp³-hybridized carbons (Fsp3) is 0.692.